The van der Waals surface area contributed by atoms with Gasteiger partial charge in [-0.2, -0.15) is 0 Å². The van der Waals surface area contributed by atoms with Crippen molar-refractivity contribution in [3.05, 3.63) is 33.3 Å². The van der Waals surface area contributed by atoms with Crippen LogP contribution in [0.4, 0.5) is 5.69 Å². The molecule has 0 aliphatic heterocycles. The summed E-state index contributed by atoms with van der Waals surface area (Å²) in [5.41, 5.74) is 5.24. The Morgan fingerprint density at radius 1 is 1.67 bits per heavy atom. The summed E-state index contributed by atoms with van der Waals surface area (Å²) in [4.78, 5) is 10.1. The van der Waals surface area contributed by atoms with E-state index in [-0.39, 0.29) is 24.1 Å². The molecule has 0 aliphatic rings. The molecular weight excluding hydrogens is 220 g/mol. The molecule has 15 heavy (non-hydrogen) atoms. The van der Waals surface area contributed by atoms with Gasteiger partial charge in [0.25, 0.3) is 0 Å². The predicted octanol–water partition coefficient (Wildman–Crippen LogP) is 1.97. The van der Waals surface area contributed by atoms with Crippen molar-refractivity contribution >= 4 is 17.3 Å². The third-order valence-electron chi connectivity index (χ3n) is 1.78. The molecule has 1 aromatic carbocycles. The molecular formula is C9H11ClN2O3. The number of nitrogens with two attached hydrogens (primary N) is 1. The Kier molecular flexibility index (Phi) is 3.88. The van der Waals surface area contributed by atoms with Crippen molar-refractivity contribution in [3.63, 3.8) is 0 Å². The lowest BCUT2D eigenvalue weighted by atomic mass is 10.3. The van der Waals surface area contributed by atoms with Gasteiger partial charge in [0.05, 0.1) is 4.92 Å². The van der Waals surface area contributed by atoms with Crippen LogP contribution in [-0.2, 0) is 0 Å². The largest absolute Gasteiger partial charge is 0.482 e. The van der Waals surface area contributed by atoms with Crippen molar-refractivity contribution in [1.82, 2.24) is 0 Å². The lowest BCUT2D eigenvalue weighted by Crippen LogP contribution is -2.23. The van der Waals surface area contributed by atoms with Crippen molar-refractivity contribution in [1.29, 1.82) is 0 Å². The first-order chi connectivity index (χ1) is 7.04. The lowest BCUT2D eigenvalue weighted by molar-refractivity contribution is -0.386. The average molecular weight is 231 g/mol. The van der Waals surface area contributed by atoms with Crippen molar-refractivity contribution in [2.75, 3.05) is 6.54 Å². The second-order valence-corrected chi connectivity index (χ2v) is 3.47. The molecule has 0 saturated heterocycles. The van der Waals surface area contributed by atoms with Crippen molar-refractivity contribution in [3.8, 4) is 5.75 Å². The molecule has 5 nitrogen and oxygen atoms in total. The molecule has 0 heterocycles. The number of hydrogen-bond acceptors (Lipinski definition) is 4. The van der Waals surface area contributed by atoms with Crippen LogP contribution in [0.3, 0.4) is 0 Å². The molecule has 0 bridgehead atoms. The van der Waals surface area contributed by atoms with Gasteiger partial charge in [-0.25, -0.2) is 0 Å². The summed E-state index contributed by atoms with van der Waals surface area (Å²) in [6, 6.07) is 4.16. The maximum atomic E-state index is 10.7. The van der Waals surface area contributed by atoms with Gasteiger partial charge in [-0.15, -0.1) is 0 Å². The van der Waals surface area contributed by atoms with E-state index in [1.165, 1.54) is 18.2 Å². The third-order valence-corrected chi connectivity index (χ3v) is 2.01. The van der Waals surface area contributed by atoms with Crippen LogP contribution < -0.4 is 10.5 Å². The zero-order valence-corrected chi connectivity index (χ0v) is 8.90. The first-order valence-corrected chi connectivity index (χ1v) is 4.73. The number of nitro groups is 1. The maximum Gasteiger partial charge on any atom is 0.311 e. The normalized spacial score (nSPS) is 12.2. The van der Waals surface area contributed by atoms with Gasteiger partial charge in [-0.3, -0.25) is 10.1 Å². The van der Waals surface area contributed by atoms with E-state index in [0.29, 0.717) is 5.02 Å². The highest BCUT2D eigenvalue weighted by Gasteiger charge is 2.16. The second kappa shape index (κ2) is 4.95. The summed E-state index contributed by atoms with van der Waals surface area (Å²) < 4.78 is 5.29. The first kappa shape index (κ1) is 11.7. The Hall–Kier alpha value is -1.33. The number of rotatable bonds is 4. The third kappa shape index (κ3) is 3.07. The van der Waals surface area contributed by atoms with E-state index in [0.717, 1.165) is 0 Å². The Labute approximate surface area is 91.9 Å². The van der Waals surface area contributed by atoms with E-state index in [1.807, 2.05) is 0 Å². The Morgan fingerprint density at radius 2 is 2.33 bits per heavy atom. The molecule has 2 N–H and O–H groups in total. The molecule has 0 saturated carbocycles. The fourth-order valence-corrected chi connectivity index (χ4v) is 1.16. The second-order valence-electron chi connectivity index (χ2n) is 3.03. The van der Waals surface area contributed by atoms with Crippen LogP contribution in [0.25, 0.3) is 0 Å². The van der Waals surface area contributed by atoms with Crippen LogP contribution in [0.1, 0.15) is 6.92 Å². The smallest absolute Gasteiger partial charge is 0.311 e. The summed E-state index contributed by atoms with van der Waals surface area (Å²) in [7, 11) is 0. The molecule has 0 fully saturated rings. The van der Waals surface area contributed by atoms with Crippen LogP contribution in [0.5, 0.6) is 5.75 Å². The monoisotopic (exact) mass is 230 g/mol. The highest BCUT2D eigenvalue weighted by molar-refractivity contribution is 6.30. The standard InChI is InChI=1S/C9H11ClN2O3/c1-6(5-11)15-9-4-7(10)2-3-8(9)12(13)14/h2-4,6H,5,11H2,1H3. The number of nitro benzene ring substituents is 1. The minimum absolute atomic E-state index is 0.111. The van der Waals surface area contributed by atoms with E-state index < -0.39 is 4.92 Å². The van der Waals surface area contributed by atoms with E-state index in [2.05, 4.69) is 0 Å². The minimum atomic E-state index is -0.519. The van der Waals surface area contributed by atoms with Gasteiger partial charge in [0.15, 0.2) is 5.75 Å². The molecule has 1 rings (SSSR count). The molecule has 0 aromatic heterocycles. The number of hydrogen-bond donors (Lipinski definition) is 1. The summed E-state index contributed by atoms with van der Waals surface area (Å²) in [5.74, 6) is 0.144. The summed E-state index contributed by atoms with van der Waals surface area (Å²) >= 11 is 5.71. The summed E-state index contributed by atoms with van der Waals surface area (Å²) in [5, 5.41) is 11.0. The molecule has 1 atom stereocenters. The van der Waals surface area contributed by atoms with Crippen molar-refractivity contribution in [2.45, 2.75) is 13.0 Å². The molecule has 6 heteroatoms. The Morgan fingerprint density at radius 3 is 2.87 bits per heavy atom. The zero-order chi connectivity index (χ0) is 11.4. The topological polar surface area (TPSA) is 78.4 Å². The SMILES string of the molecule is CC(CN)Oc1cc(Cl)ccc1[N+](=O)[O-]. The number of halogens is 1. The van der Waals surface area contributed by atoms with E-state index >= 15 is 0 Å². The average Bonchev–Trinajstić information content (AvgIpc) is 2.17. The van der Waals surface area contributed by atoms with Gasteiger partial charge in [0.2, 0.25) is 0 Å². The first-order valence-electron chi connectivity index (χ1n) is 4.35. The van der Waals surface area contributed by atoms with Gasteiger partial charge in [0.1, 0.15) is 6.10 Å². The molecule has 0 aliphatic carbocycles. The van der Waals surface area contributed by atoms with Crippen LogP contribution in [0, 0.1) is 10.1 Å². The van der Waals surface area contributed by atoms with Gasteiger partial charge >= 0.3 is 5.69 Å². The Balaban J connectivity index is 3.02. The van der Waals surface area contributed by atoms with Gasteiger partial charge < -0.3 is 10.5 Å². The minimum Gasteiger partial charge on any atom is -0.482 e. The quantitative estimate of drug-likeness (QED) is 0.634. The van der Waals surface area contributed by atoms with Gasteiger partial charge in [-0.1, -0.05) is 11.6 Å². The van der Waals surface area contributed by atoms with Crippen LogP contribution in [0.15, 0.2) is 18.2 Å². The molecule has 0 amide bonds. The highest BCUT2D eigenvalue weighted by atomic mass is 35.5. The lowest BCUT2D eigenvalue weighted by Gasteiger charge is -2.12. The fourth-order valence-electron chi connectivity index (χ4n) is 0.998. The van der Waals surface area contributed by atoms with E-state index in [4.69, 9.17) is 22.1 Å². The number of benzene rings is 1. The number of nitrogens with zero attached hydrogens (tertiary/aromatic N) is 1. The molecule has 0 radical (unpaired) electrons. The van der Waals surface area contributed by atoms with Gasteiger partial charge in [0, 0.05) is 23.7 Å². The predicted molar refractivity (Wildman–Crippen MR) is 57.3 cm³/mol. The van der Waals surface area contributed by atoms with Gasteiger partial charge in [-0.05, 0) is 13.0 Å². The summed E-state index contributed by atoms with van der Waals surface area (Å²) in [6.45, 7) is 2.01. The van der Waals surface area contributed by atoms with Crippen molar-refractivity contribution in [2.24, 2.45) is 5.73 Å². The molecule has 1 aromatic rings. The maximum absolute atomic E-state index is 10.7. The van der Waals surface area contributed by atoms with Crippen LogP contribution in [-0.4, -0.2) is 17.6 Å². The molecule has 82 valence electrons. The summed E-state index contributed by atoms with van der Waals surface area (Å²) in [6.07, 6.45) is -0.290. The van der Waals surface area contributed by atoms with Crippen molar-refractivity contribution < 1.29 is 9.66 Å². The molecule has 0 spiro atoms. The fraction of sp³-hybridized carbons (Fsp3) is 0.333. The Bertz CT molecular complexity index is 370. The van der Waals surface area contributed by atoms with Crippen LogP contribution in [0.2, 0.25) is 5.02 Å². The van der Waals surface area contributed by atoms with E-state index in [9.17, 15) is 10.1 Å². The van der Waals surface area contributed by atoms with E-state index in [1.54, 1.807) is 6.92 Å². The van der Waals surface area contributed by atoms with Crippen LogP contribution >= 0.6 is 11.6 Å². The highest BCUT2D eigenvalue weighted by Crippen LogP contribution is 2.30. The zero-order valence-electron chi connectivity index (χ0n) is 8.14. The molecule has 1 unspecified atom stereocenters. The number of ether oxygens (including phenoxy) is 1.